The van der Waals surface area contributed by atoms with Crippen LogP contribution < -0.4 is 21.7 Å². The molecule has 0 spiro atoms. The lowest BCUT2D eigenvalue weighted by Gasteiger charge is -2.27. The first-order valence-corrected chi connectivity index (χ1v) is 11.8. The Hall–Kier alpha value is -3.05. The molecule has 5 unspecified atom stereocenters. The molecule has 34 heavy (non-hydrogen) atoms. The number of H-pyrrole nitrogens is 1. The number of hydrogen-bond acceptors (Lipinski definition) is 6. The van der Waals surface area contributed by atoms with Crippen molar-refractivity contribution in [3.8, 4) is 0 Å². The van der Waals surface area contributed by atoms with Crippen LogP contribution in [0.1, 0.15) is 32.8 Å². The number of aromatic nitrogens is 1. The van der Waals surface area contributed by atoms with Gasteiger partial charge in [0, 0.05) is 22.9 Å². The van der Waals surface area contributed by atoms with Crippen LogP contribution in [0.15, 0.2) is 30.5 Å². The van der Waals surface area contributed by atoms with Gasteiger partial charge >= 0.3 is 5.97 Å². The molecule has 7 N–H and O–H groups in total. The van der Waals surface area contributed by atoms with Crippen LogP contribution >= 0.6 is 12.6 Å². The molecule has 0 radical (unpaired) electrons. The van der Waals surface area contributed by atoms with Crippen LogP contribution in [0.5, 0.6) is 0 Å². The van der Waals surface area contributed by atoms with E-state index in [9.17, 15) is 19.2 Å². The van der Waals surface area contributed by atoms with E-state index in [1.54, 1.807) is 6.92 Å². The first-order valence-electron chi connectivity index (χ1n) is 11.1. The number of nitrogens with two attached hydrogens (primary N) is 1. The molecule has 5 atom stereocenters. The molecule has 0 saturated carbocycles. The number of thiol groups is 1. The molecular weight excluding hydrogens is 458 g/mol. The number of amides is 3. The third-order valence-electron chi connectivity index (χ3n) is 5.79. The highest BCUT2D eigenvalue weighted by atomic mass is 32.1. The summed E-state index contributed by atoms with van der Waals surface area (Å²) >= 11 is 4.09. The number of para-hydroxylation sites is 1. The van der Waals surface area contributed by atoms with Crippen molar-refractivity contribution in [1.82, 2.24) is 20.9 Å². The predicted molar refractivity (Wildman–Crippen MR) is 132 cm³/mol. The van der Waals surface area contributed by atoms with Gasteiger partial charge in [-0.15, -0.1) is 0 Å². The number of fused-ring (bicyclic) bond motifs is 1. The molecule has 2 aromatic rings. The smallest absolute Gasteiger partial charge is 0.325 e. The fourth-order valence-electron chi connectivity index (χ4n) is 3.42. The second kappa shape index (κ2) is 12.4. The zero-order chi connectivity index (χ0) is 25.4. The van der Waals surface area contributed by atoms with Gasteiger partial charge in [-0.3, -0.25) is 19.2 Å². The summed E-state index contributed by atoms with van der Waals surface area (Å²) in [6.45, 7) is 4.99. The van der Waals surface area contributed by atoms with E-state index in [1.165, 1.54) is 6.92 Å². The van der Waals surface area contributed by atoms with Crippen LogP contribution in [-0.2, 0) is 25.6 Å². The molecule has 0 saturated heterocycles. The Labute approximate surface area is 203 Å². The third kappa shape index (κ3) is 6.97. The average Bonchev–Trinajstić information content (AvgIpc) is 3.22. The molecule has 0 bridgehead atoms. The van der Waals surface area contributed by atoms with Crippen LogP contribution in [-0.4, -0.2) is 63.7 Å². The van der Waals surface area contributed by atoms with E-state index in [0.29, 0.717) is 6.42 Å². The summed E-state index contributed by atoms with van der Waals surface area (Å²) in [6.07, 6.45) is 2.67. The van der Waals surface area contributed by atoms with E-state index in [1.807, 2.05) is 37.4 Å². The quantitative estimate of drug-likeness (QED) is 0.214. The van der Waals surface area contributed by atoms with E-state index in [4.69, 9.17) is 10.8 Å². The number of nitrogens with one attached hydrogen (secondary N) is 4. The third-order valence-corrected chi connectivity index (χ3v) is 6.15. The number of rotatable bonds is 12. The van der Waals surface area contributed by atoms with Crippen molar-refractivity contribution < 1.29 is 24.3 Å². The average molecular weight is 492 g/mol. The highest BCUT2D eigenvalue weighted by Gasteiger charge is 2.31. The summed E-state index contributed by atoms with van der Waals surface area (Å²) in [5.41, 5.74) is 7.99. The van der Waals surface area contributed by atoms with Gasteiger partial charge in [-0.05, 0) is 30.9 Å². The zero-order valence-corrected chi connectivity index (χ0v) is 20.4. The minimum atomic E-state index is -1.20. The Morgan fingerprint density at radius 1 is 1.06 bits per heavy atom. The molecule has 3 amide bonds. The van der Waals surface area contributed by atoms with Crippen LogP contribution in [0.25, 0.3) is 10.9 Å². The van der Waals surface area contributed by atoms with Crippen molar-refractivity contribution in [3.05, 3.63) is 36.0 Å². The summed E-state index contributed by atoms with van der Waals surface area (Å²) in [5, 5.41) is 17.5. The van der Waals surface area contributed by atoms with E-state index in [0.717, 1.165) is 16.5 Å². The van der Waals surface area contributed by atoms with Gasteiger partial charge in [-0.1, -0.05) is 38.5 Å². The summed E-state index contributed by atoms with van der Waals surface area (Å²) in [6, 6.07) is 3.66. The van der Waals surface area contributed by atoms with Crippen molar-refractivity contribution in [3.63, 3.8) is 0 Å². The van der Waals surface area contributed by atoms with Gasteiger partial charge in [0.2, 0.25) is 17.7 Å². The van der Waals surface area contributed by atoms with Gasteiger partial charge < -0.3 is 31.8 Å². The van der Waals surface area contributed by atoms with Crippen molar-refractivity contribution in [2.45, 2.75) is 57.8 Å². The Morgan fingerprint density at radius 2 is 1.74 bits per heavy atom. The number of aliphatic carboxylic acids is 1. The Morgan fingerprint density at radius 3 is 2.35 bits per heavy atom. The van der Waals surface area contributed by atoms with E-state index in [2.05, 4.69) is 33.6 Å². The molecule has 0 fully saturated rings. The normalized spacial score (nSPS) is 15.6. The molecule has 1 aromatic carbocycles. The summed E-state index contributed by atoms with van der Waals surface area (Å²) in [4.78, 5) is 52.3. The summed E-state index contributed by atoms with van der Waals surface area (Å²) in [7, 11) is 0. The number of aromatic amines is 1. The lowest BCUT2D eigenvalue weighted by atomic mass is 9.97. The first-order chi connectivity index (χ1) is 16.1. The molecule has 10 nitrogen and oxygen atoms in total. The minimum Gasteiger partial charge on any atom is -0.480 e. The van der Waals surface area contributed by atoms with Gasteiger partial charge in [0.25, 0.3) is 0 Å². The Bertz CT molecular complexity index is 1030. The number of carboxylic acid groups (broad SMARTS) is 1. The molecule has 0 aliphatic carbocycles. The molecule has 2 rings (SSSR count). The number of carbonyl (C=O) groups is 4. The zero-order valence-electron chi connectivity index (χ0n) is 19.5. The van der Waals surface area contributed by atoms with Gasteiger partial charge in [0.15, 0.2) is 0 Å². The molecular formula is C23H33N5O5S. The summed E-state index contributed by atoms with van der Waals surface area (Å²) in [5.74, 6) is -3.23. The van der Waals surface area contributed by atoms with Gasteiger partial charge in [-0.2, -0.15) is 12.6 Å². The van der Waals surface area contributed by atoms with Gasteiger partial charge in [0.05, 0.1) is 6.04 Å². The maximum absolute atomic E-state index is 13.0. The van der Waals surface area contributed by atoms with Crippen molar-refractivity contribution in [1.29, 1.82) is 0 Å². The second-order valence-corrected chi connectivity index (χ2v) is 8.72. The lowest BCUT2D eigenvalue weighted by Crippen LogP contribution is -2.59. The standard InChI is InChI=1S/C23H33N5O5S/c1-4-12(2)19(22(31)27-18(11-34)21(30)26-13(3)23(32)33)28-20(29)16(24)9-14-10-25-17-8-6-5-7-15(14)17/h5-8,10,12-13,16,18-19,25,34H,4,9,11,24H2,1-3H3,(H,26,30)(H,27,31)(H,28,29)(H,32,33). The number of carboxylic acids is 1. The molecule has 1 aromatic heterocycles. The van der Waals surface area contributed by atoms with Crippen LogP contribution in [0.3, 0.4) is 0 Å². The highest BCUT2D eigenvalue weighted by molar-refractivity contribution is 7.80. The topological polar surface area (TPSA) is 166 Å². The van der Waals surface area contributed by atoms with E-state index < -0.39 is 47.9 Å². The lowest BCUT2D eigenvalue weighted by molar-refractivity contribution is -0.141. The summed E-state index contributed by atoms with van der Waals surface area (Å²) < 4.78 is 0. The van der Waals surface area contributed by atoms with Gasteiger partial charge in [0.1, 0.15) is 18.1 Å². The van der Waals surface area contributed by atoms with E-state index >= 15 is 0 Å². The fraction of sp³-hybridized carbons (Fsp3) is 0.478. The molecule has 11 heteroatoms. The molecule has 0 aliphatic heterocycles. The van der Waals surface area contributed by atoms with Crippen molar-refractivity contribution in [2.24, 2.45) is 11.7 Å². The predicted octanol–water partition coefficient (Wildman–Crippen LogP) is 0.573. The highest BCUT2D eigenvalue weighted by Crippen LogP contribution is 2.19. The van der Waals surface area contributed by atoms with E-state index in [-0.39, 0.29) is 18.1 Å². The molecule has 0 aliphatic rings. The number of carbonyl (C=O) groups excluding carboxylic acids is 3. The Balaban J connectivity index is 2.07. The monoisotopic (exact) mass is 491 g/mol. The van der Waals surface area contributed by atoms with Crippen molar-refractivity contribution >= 4 is 47.2 Å². The molecule has 1 heterocycles. The van der Waals surface area contributed by atoms with Crippen molar-refractivity contribution in [2.75, 3.05) is 5.75 Å². The largest absolute Gasteiger partial charge is 0.480 e. The fourth-order valence-corrected chi connectivity index (χ4v) is 3.68. The SMILES string of the molecule is CCC(C)C(NC(=O)C(N)Cc1c[nH]c2ccccc12)C(=O)NC(CS)C(=O)NC(C)C(=O)O. The number of benzene rings is 1. The first kappa shape index (κ1) is 27.2. The van der Waals surface area contributed by atoms with Crippen LogP contribution in [0.4, 0.5) is 0 Å². The maximum Gasteiger partial charge on any atom is 0.325 e. The second-order valence-electron chi connectivity index (χ2n) is 8.35. The maximum atomic E-state index is 13.0. The minimum absolute atomic E-state index is 0.0504. The Kier molecular flexibility index (Phi) is 9.94. The van der Waals surface area contributed by atoms with Crippen LogP contribution in [0, 0.1) is 5.92 Å². The van der Waals surface area contributed by atoms with Gasteiger partial charge in [-0.25, -0.2) is 0 Å². The number of hydrogen-bond donors (Lipinski definition) is 7. The van der Waals surface area contributed by atoms with Crippen LogP contribution in [0.2, 0.25) is 0 Å². The molecule has 186 valence electrons.